The fourth-order valence-electron chi connectivity index (χ4n) is 1.63. The van der Waals surface area contributed by atoms with Gasteiger partial charge in [0.15, 0.2) is 11.5 Å². The maximum atomic E-state index is 13.7. The fourth-order valence-corrected chi connectivity index (χ4v) is 1.63. The van der Waals surface area contributed by atoms with E-state index >= 15 is 0 Å². The lowest BCUT2D eigenvalue weighted by atomic mass is 10.2. The first-order chi connectivity index (χ1) is 8.40. The van der Waals surface area contributed by atoms with Crippen molar-refractivity contribution in [3.8, 4) is 5.69 Å². The van der Waals surface area contributed by atoms with Gasteiger partial charge in [0.2, 0.25) is 0 Å². The fraction of sp³-hybridized carbons (Fsp3) is 0.100. The Morgan fingerprint density at radius 3 is 2.56 bits per heavy atom. The lowest BCUT2D eigenvalue weighted by Gasteiger charge is -2.06. The normalized spacial score (nSPS) is 10.6. The molecule has 8 heteroatoms. The first-order valence-electron chi connectivity index (χ1n) is 4.86. The van der Waals surface area contributed by atoms with Crippen LogP contribution in [-0.2, 0) is 0 Å². The summed E-state index contributed by atoms with van der Waals surface area (Å²) in [5.41, 5.74) is 4.68. The summed E-state index contributed by atoms with van der Waals surface area (Å²) in [6.45, 7) is 1.55. The topological polar surface area (TPSA) is 87.0 Å². The Labute approximate surface area is 99.8 Å². The number of nitro benzene ring substituents is 1. The average Bonchev–Trinajstić information content (AvgIpc) is 2.56. The summed E-state index contributed by atoms with van der Waals surface area (Å²) in [7, 11) is 0. The van der Waals surface area contributed by atoms with Gasteiger partial charge in [0.1, 0.15) is 11.6 Å². The zero-order valence-electron chi connectivity index (χ0n) is 9.22. The van der Waals surface area contributed by atoms with Gasteiger partial charge < -0.3 is 5.73 Å². The molecule has 0 aliphatic carbocycles. The third-order valence-electron chi connectivity index (χ3n) is 2.32. The van der Waals surface area contributed by atoms with Crippen LogP contribution in [0.25, 0.3) is 5.69 Å². The number of anilines is 1. The van der Waals surface area contributed by atoms with Crippen LogP contribution in [0.15, 0.2) is 18.2 Å². The summed E-state index contributed by atoms with van der Waals surface area (Å²) in [5.74, 6) is -2.01. The van der Waals surface area contributed by atoms with Crippen LogP contribution in [0.5, 0.6) is 0 Å². The van der Waals surface area contributed by atoms with Gasteiger partial charge in [0.05, 0.1) is 11.0 Å². The van der Waals surface area contributed by atoms with Crippen molar-refractivity contribution in [2.45, 2.75) is 6.92 Å². The number of hydrogen-bond acceptors (Lipinski definition) is 4. The number of nitro groups is 1. The Balaban J connectivity index is 2.77. The smallest absolute Gasteiger partial charge is 0.300 e. The molecule has 94 valence electrons. The molecule has 0 fully saturated rings. The Morgan fingerprint density at radius 1 is 1.39 bits per heavy atom. The summed E-state index contributed by atoms with van der Waals surface area (Å²) in [4.78, 5) is 9.94. The van der Waals surface area contributed by atoms with Crippen molar-refractivity contribution in [1.29, 1.82) is 0 Å². The van der Waals surface area contributed by atoms with E-state index in [4.69, 9.17) is 5.73 Å². The molecule has 1 aromatic carbocycles. The lowest BCUT2D eigenvalue weighted by Crippen LogP contribution is -2.07. The van der Waals surface area contributed by atoms with E-state index in [2.05, 4.69) is 5.10 Å². The van der Waals surface area contributed by atoms with Crippen molar-refractivity contribution in [1.82, 2.24) is 9.78 Å². The second-order valence-corrected chi connectivity index (χ2v) is 3.63. The number of nitrogen functional groups attached to an aromatic ring is 1. The van der Waals surface area contributed by atoms with Crippen LogP contribution in [0.4, 0.5) is 20.3 Å². The van der Waals surface area contributed by atoms with E-state index in [1.165, 1.54) is 6.07 Å². The number of nitrogens with zero attached hydrogens (tertiary/aromatic N) is 3. The SMILES string of the molecule is Cc1cc(N)nn1-c1c(F)cc(F)cc1[N+](=O)[O-]. The van der Waals surface area contributed by atoms with Gasteiger partial charge in [-0.3, -0.25) is 10.1 Å². The van der Waals surface area contributed by atoms with Crippen molar-refractivity contribution >= 4 is 11.5 Å². The molecule has 6 nitrogen and oxygen atoms in total. The minimum absolute atomic E-state index is 0.0884. The number of aryl methyl sites for hydroxylation is 1. The van der Waals surface area contributed by atoms with Crippen LogP contribution in [-0.4, -0.2) is 14.7 Å². The minimum Gasteiger partial charge on any atom is -0.382 e. The minimum atomic E-state index is -1.08. The highest BCUT2D eigenvalue weighted by atomic mass is 19.1. The molecule has 1 aromatic heterocycles. The van der Waals surface area contributed by atoms with Crippen LogP contribution in [0.1, 0.15) is 5.69 Å². The first kappa shape index (κ1) is 12.0. The van der Waals surface area contributed by atoms with Crippen LogP contribution in [0.3, 0.4) is 0 Å². The maximum absolute atomic E-state index is 13.7. The van der Waals surface area contributed by atoms with Gasteiger partial charge in [0, 0.05) is 17.8 Å². The maximum Gasteiger partial charge on any atom is 0.300 e. The first-order valence-corrected chi connectivity index (χ1v) is 4.86. The van der Waals surface area contributed by atoms with Crippen molar-refractivity contribution in [3.05, 3.63) is 45.6 Å². The average molecular weight is 254 g/mol. The number of halogens is 2. The molecule has 0 saturated carbocycles. The largest absolute Gasteiger partial charge is 0.382 e. The van der Waals surface area contributed by atoms with E-state index in [1.807, 2.05) is 0 Å². The second kappa shape index (κ2) is 4.06. The zero-order valence-corrected chi connectivity index (χ0v) is 9.22. The summed E-state index contributed by atoms with van der Waals surface area (Å²) in [6, 6.07) is 2.61. The molecule has 0 radical (unpaired) electrons. The van der Waals surface area contributed by atoms with Crippen LogP contribution in [0.2, 0.25) is 0 Å². The van der Waals surface area contributed by atoms with Gasteiger partial charge in [-0.15, -0.1) is 0 Å². The molecule has 18 heavy (non-hydrogen) atoms. The molecule has 0 unspecified atom stereocenters. The van der Waals surface area contributed by atoms with Crippen LogP contribution < -0.4 is 5.73 Å². The highest BCUT2D eigenvalue weighted by Gasteiger charge is 2.24. The summed E-state index contributed by atoms with van der Waals surface area (Å²) in [5, 5.41) is 14.6. The zero-order chi connectivity index (χ0) is 13.4. The van der Waals surface area contributed by atoms with Gasteiger partial charge in [-0.25, -0.2) is 13.5 Å². The van der Waals surface area contributed by atoms with Crippen molar-refractivity contribution in [2.24, 2.45) is 0 Å². The standard InChI is InChI=1S/C10H8F2N4O2/c1-5-2-9(13)14-15(5)10-7(12)3-6(11)4-8(10)16(17)18/h2-4H,1H3,(H2,13,14). The molecule has 0 aliphatic heterocycles. The third-order valence-corrected chi connectivity index (χ3v) is 2.32. The molecular formula is C10H8F2N4O2. The molecule has 0 atom stereocenters. The Hall–Kier alpha value is -2.51. The molecular weight excluding hydrogens is 246 g/mol. The third kappa shape index (κ3) is 1.88. The van der Waals surface area contributed by atoms with Gasteiger partial charge in [-0.2, -0.15) is 5.10 Å². The van der Waals surface area contributed by atoms with Crippen LogP contribution in [0, 0.1) is 28.7 Å². The number of rotatable bonds is 2. The van der Waals surface area contributed by atoms with E-state index in [0.717, 1.165) is 4.68 Å². The molecule has 0 bridgehead atoms. The molecule has 1 heterocycles. The van der Waals surface area contributed by atoms with Crippen molar-refractivity contribution in [3.63, 3.8) is 0 Å². The van der Waals surface area contributed by atoms with Gasteiger partial charge in [0.25, 0.3) is 0 Å². The highest BCUT2D eigenvalue weighted by molar-refractivity contribution is 5.54. The number of aromatic nitrogens is 2. The predicted molar refractivity (Wildman–Crippen MR) is 59.3 cm³/mol. The van der Waals surface area contributed by atoms with Crippen molar-refractivity contribution < 1.29 is 13.7 Å². The number of hydrogen-bond donors (Lipinski definition) is 1. The Morgan fingerprint density at radius 2 is 2.06 bits per heavy atom. The van der Waals surface area contributed by atoms with Gasteiger partial charge in [-0.1, -0.05) is 0 Å². The van der Waals surface area contributed by atoms with Gasteiger partial charge >= 0.3 is 5.69 Å². The van der Waals surface area contributed by atoms with E-state index in [9.17, 15) is 18.9 Å². The lowest BCUT2D eigenvalue weighted by molar-refractivity contribution is -0.385. The van der Waals surface area contributed by atoms with Crippen molar-refractivity contribution in [2.75, 3.05) is 5.73 Å². The molecule has 2 rings (SSSR count). The van der Waals surface area contributed by atoms with E-state index in [1.54, 1.807) is 6.92 Å². The van der Waals surface area contributed by atoms with E-state index in [0.29, 0.717) is 17.8 Å². The van der Waals surface area contributed by atoms with Crippen LogP contribution >= 0.6 is 0 Å². The highest BCUT2D eigenvalue weighted by Crippen LogP contribution is 2.28. The molecule has 2 N–H and O–H groups in total. The number of nitrogens with two attached hydrogens (primary N) is 1. The van der Waals surface area contributed by atoms with E-state index < -0.39 is 27.9 Å². The molecule has 0 aliphatic rings. The van der Waals surface area contributed by atoms with E-state index in [-0.39, 0.29) is 5.82 Å². The Kier molecular flexibility index (Phi) is 2.70. The van der Waals surface area contributed by atoms with Gasteiger partial charge in [-0.05, 0) is 6.92 Å². The monoisotopic (exact) mass is 254 g/mol. The molecule has 0 saturated heterocycles. The second-order valence-electron chi connectivity index (χ2n) is 3.63. The summed E-state index contributed by atoms with van der Waals surface area (Å²) >= 11 is 0. The molecule has 0 amide bonds. The summed E-state index contributed by atoms with van der Waals surface area (Å²) in [6.07, 6.45) is 0. The quantitative estimate of drug-likeness (QED) is 0.655. The summed E-state index contributed by atoms with van der Waals surface area (Å²) < 4.78 is 27.7. The number of benzene rings is 1. The molecule has 0 spiro atoms. The molecule has 2 aromatic rings. The Bertz CT molecular complexity index is 639. The predicted octanol–water partition coefficient (Wildman–Crippen LogP) is 1.95.